The van der Waals surface area contributed by atoms with Crippen LogP contribution in [0.4, 0.5) is 4.39 Å². The standard InChI is InChI=1S/C35H48FN5O3/c1-8-19-37-33(30-15-11-10-12-16-30)34(38-20-13-18-32(42)44-26(3)4)39-28(6)24-27(5)35(43)41-23-22-40(25-29(41)7)21-14-17-31(36)9-2/h8-12,14-17,19,21,24,26-27,29H,2,13,18,20,22-23,25H2,1,3-7H3,(H,38,39)/b19-8+,21-14+,28-24+,31-17+,37-33?. The molecular weight excluding hydrogens is 557 g/mol. The number of carbonyl (C=O) groups is 2. The number of hydrogen-bond donors (Lipinski definition) is 1. The van der Waals surface area contributed by atoms with E-state index in [4.69, 9.17) is 9.73 Å². The fourth-order valence-corrected chi connectivity index (χ4v) is 4.64. The van der Waals surface area contributed by atoms with Crippen molar-refractivity contribution >= 4 is 23.4 Å². The van der Waals surface area contributed by atoms with Crippen LogP contribution in [0.25, 0.3) is 0 Å². The number of benzene rings is 1. The monoisotopic (exact) mass is 605 g/mol. The number of amidine groups is 1. The molecule has 9 heteroatoms. The van der Waals surface area contributed by atoms with Gasteiger partial charge in [-0.1, -0.05) is 56.0 Å². The lowest BCUT2D eigenvalue weighted by atomic mass is 10.1. The number of ether oxygens (including phenoxy) is 1. The van der Waals surface area contributed by atoms with Gasteiger partial charge in [0.2, 0.25) is 5.91 Å². The van der Waals surface area contributed by atoms with Gasteiger partial charge in [-0.05, 0) is 65.5 Å². The highest BCUT2D eigenvalue weighted by Crippen LogP contribution is 2.16. The molecule has 2 atom stereocenters. The predicted octanol–water partition coefficient (Wildman–Crippen LogP) is 6.35. The average molecular weight is 606 g/mol. The third kappa shape index (κ3) is 12.5. The minimum atomic E-state index is -0.392. The number of carbonyl (C=O) groups excluding carboxylic acids is 2. The zero-order valence-corrected chi connectivity index (χ0v) is 27.0. The maximum atomic E-state index is 13.5. The lowest BCUT2D eigenvalue weighted by Gasteiger charge is -2.40. The summed E-state index contributed by atoms with van der Waals surface area (Å²) in [5, 5.41) is 3.39. The summed E-state index contributed by atoms with van der Waals surface area (Å²) in [6.45, 7) is 17.1. The lowest BCUT2D eigenvalue weighted by molar-refractivity contribution is -0.147. The number of halogens is 1. The number of rotatable bonds is 14. The zero-order chi connectivity index (χ0) is 32.5. The molecule has 1 aliphatic rings. The molecule has 1 amide bonds. The molecule has 0 spiro atoms. The van der Waals surface area contributed by atoms with Gasteiger partial charge in [-0.3, -0.25) is 19.6 Å². The maximum Gasteiger partial charge on any atom is 0.306 e. The van der Waals surface area contributed by atoms with Crippen LogP contribution in [0.1, 0.15) is 59.9 Å². The van der Waals surface area contributed by atoms with E-state index in [0.717, 1.165) is 17.3 Å². The molecule has 1 N–H and O–H groups in total. The zero-order valence-electron chi connectivity index (χ0n) is 27.0. The molecule has 2 unspecified atom stereocenters. The van der Waals surface area contributed by atoms with Crippen molar-refractivity contribution in [2.75, 3.05) is 26.2 Å². The van der Waals surface area contributed by atoms with Crippen molar-refractivity contribution in [3.8, 4) is 0 Å². The molecule has 1 heterocycles. The molecule has 0 bridgehead atoms. The van der Waals surface area contributed by atoms with E-state index in [1.165, 1.54) is 6.08 Å². The van der Waals surface area contributed by atoms with Crippen LogP contribution in [0.3, 0.4) is 0 Å². The second kappa shape index (κ2) is 19.1. The first-order valence-corrected chi connectivity index (χ1v) is 15.2. The largest absolute Gasteiger partial charge is 0.463 e. The topological polar surface area (TPSA) is 86.6 Å². The van der Waals surface area contributed by atoms with Crippen LogP contribution in [-0.2, 0) is 14.3 Å². The van der Waals surface area contributed by atoms with Crippen LogP contribution >= 0.6 is 0 Å². The Balaban J connectivity index is 2.19. The average Bonchev–Trinajstić information content (AvgIpc) is 2.99. The predicted molar refractivity (Wildman–Crippen MR) is 178 cm³/mol. The van der Waals surface area contributed by atoms with Crippen LogP contribution in [0.5, 0.6) is 0 Å². The van der Waals surface area contributed by atoms with Crippen LogP contribution in [0.15, 0.2) is 101 Å². The molecule has 2 rings (SSSR count). The van der Waals surface area contributed by atoms with Gasteiger partial charge in [0.15, 0.2) is 5.84 Å². The van der Waals surface area contributed by atoms with Gasteiger partial charge >= 0.3 is 5.97 Å². The second-order valence-corrected chi connectivity index (χ2v) is 10.9. The first-order chi connectivity index (χ1) is 21.0. The third-order valence-electron chi connectivity index (χ3n) is 6.69. The van der Waals surface area contributed by atoms with E-state index in [-0.39, 0.29) is 36.4 Å². The smallest absolute Gasteiger partial charge is 0.306 e. The number of hydrogen-bond acceptors (Lipinski definition) is 6. The number of nitrogens with one attached hydrogen (secondary N) is 1. The van der Waals surface area contributed by atoms with E-state index >= 15 is 0 Å². The summed E-state index contributed by atoms with van der Waals surface area (Å²) in [5.41, 5.74) is 2.30. The van der Waals surface area contributed by atoms with Gasteiger partial charge in [-0.15, -0.1) is 0 Å². The van der Waals surface area contributed by atoms with Crippen molar-refractivity contribution in [2.24, 2.45) is 15.9 Å². The summed E-state index contributed by atoms with van der Waals surface area (Å²) in [6.07, 6.45) is 12.1. The summed E-state index contributed by atoms with van der Waals surface area (Å²) in [7, 11) is 0. The van der Waals surface area contributed by atoms with Crippen molar-refractivity contribution in [1.82, 2.24) is 15.1 Å². The highest BCUT2D eigenvalue weighted by molar-refractivity contribution is 6.48. The summed E-state index contributed by atoms with van der Waals surface area (Å²) in [5.74, 6) is -0.431. The van der Waals surface area contributed by atoms with Gasteiger partial charge in [-0.25, -0.2) is 4.39 Å². The van der Waals surface area contributed by atoms with Crippen LogP contribution < -0.4 is 5.32 Å². The Morgan fingerprint density at radius 2 is 1.93 bits per heavy atom. The van der Waals surface area contributed by atoms with Crippen molar-refractivity contribution in [1.29, 1.82) is 0 Å². The van der Waals surface area contributed by atoms with Crippen molar-refractivity contribution in [3.05, 3.63) is 96.8 Å². The van der Waals surface area contributed by atoms with Gasteiger partial charge in [0.25, 0.3) is 0 Å². The summed E-state index contributed by atoms with van der Waals surface area (Å²) in [4.78, 5) is 38.9. The molecule has 0 aromatic heterocycles. The molecule has 8 nitrogen and oxygen atoms in total. The van der Waals surface area contributed by atoms with Crippen molar-refractivity contribution in [3.63, 3.8) is 0 Å². The number of esters is 1. The van der Waals surface area contributed by atoms with Crippen LogP contribution in [0.2, 0.25) is 0 Å². The molecule has 1 aromatic rings. The van der Waals surface area contributed by atoms with Gasteiger partial charge < -0.3 is 19.9 Å². The van der Waals surface area contributed by atoms with Crippen LogP contribution in [0, 0.1) is 5.92 Å². The minimum Gasteiger partial charge on any atom is -0.463 e. The van der Waals surface area contributed by atoms with Gasteiger partial charge in [0, 0.05) is 56.1 Å². The van der Waals surface area contributed by atoms with Crippen molar-refractivity contribution in [2.45, 2.75) is 66.5 Å². The Morgan fingerprint density at radius 1 is 1.20 bits per heavy atom. The van der Waals surface area contributed by atoms with E-state index in [1.54, 1.807) is 12.3 Å². The first-order valence-electron chi connectivity index (χ1n) is 15.2. The molecular formula is C35H48FN5O3. The number of allylic oxidation sites excluding steroid dienone is 6. The fraction of sp³-hybridized carbons (Fsp3) is 0.429. The Bertz CT molecular complexity index is 1280. The van der Waals surface area contributed by atoms with Gasteiger partial charge in [0.1, 0.15) is 11.5 Å². The SMILES string of the molecule is C=C/C(F)=C\C=C\N1CCN(C(=O)C(C)/C=C(\C)NC(=NCCCC(=O)OC(C)C)C(=N/C=C/C)c2ccccc2)C(C)C1. The first kappa shape index (κ1) is 35.9. The Kier molecular flexibility index (Phi) is 15.6. The molecule has 1 saturated heterocycles. The Labute approximate surface area is 262 Å². The molecule has 1 fully saturated rings. The number of amides is 1. The molecule has 238 valence electrons. The summed E-state index contributed by atoms with van der Waals surface area (Å²) < 4.78 is 18.6. The molecule has 0 aliphatic carbocycles. The number of aliphatic imine (C=N–C) groups is 2. The lowest BCUT2D eigenvalue weighted by Crippen LogP contribution is -2.53. The van der Waals surface area contributed by atoms with Crippen molar-refractivity contribution < 1.29 is 18.7 Å². The fourth-order valence-electron chi connectivity index (χ4n) is 4.64. The van der Waals surface area contributed by atoms with E-state index in [1.807, 2.05) is 95.1 Å². The maximum absolute atomic E-state index is 13.5. The molecule has 0 radical (unpaired) electrons. The van der Waals surface area contributed by atoms with E-state index < -0.39 is 5.83 Å². The second-order valence-electron chi connectivity index (χ2n) is 10.9. The molecule has 44 heavy (non-hydrogen) atoms. The number of nitrogens with zero attached hydrogens (tertiary/aromatic N) is 4. The third-order valence-corrected chi connectivity index (χ3v) is 6.69. The van der Waals surface area contributed by atoms with E-state index in [0.29, 0.717) is 44.1 Å². The molecule has 1 aliphatic heterocycles. The van der Waals surface area contributed by atoms with Gasteiger partial charge in [0.05, 0.1) is 12.0 Å². The van der Waals surface area contributed by atoms with E-state index in [2.05, 4.69) is 21.8 Å². The molecule has 0 saturated carbocycles. The molecule has 1 aromatic carbocycles. The number of piperazine rings is 1. The Morgan fingerprint density at radius 3 is 2.57 bits per heavy atom. The van der Waals surface area contributed by atoms with Gasteiger partial charge in [-0.2, -0.15) is 0 Å². The minimum absolute atomic E-state index is 0.00426. The summed E-state index contributed by atoms with van der Waals surface area (Å²) in [6, 6.07) is 9.75. The van der Waals surface area contributed by atoms with Crippen LogP contribution in [-0.4, -0.2) is 71.5 Å². The highest BCUT2D eigenvalue weighted by Gasteiger charge is 2.28. The van der Waals surface area contributed by atoms with E-state index in [9.17, 15) is 14.0 Å². The highest BCUT2D eigenvalue weighted by atomic mass is 19.1. The Hall–Kier alpha value is -4.27. The quantitative estimate of drug-likeness (QED) is 0.0878. The normalized spacial score (nSPS) is 17.9. The summed E-state index contributed by atoms with van der Waals surface area (Å²) >= 11 is 0.